The summed E-state index contributed by atoms with van der Waals surface area (Å²) in [6.07, 6.45) is 0. The van der Waals surface area contributed by atoms with Crippen LogP contribution in [0, 0.1) is 12.8 Å². The van der Waals surface area contributed by atoms with Crippen molar-refractivity contribution in [2.45, 2.75) is 33.4 Å². The summed E-state index contributed by atoms with van der Waals surface area (Å²) in [6, 6.07) is 15.0. The molecule has 0 bridgehead atoms. The maximum atomic E-state index is 13.2. The van der Waals surface area contributed by atoms with Gasteiger partial charge in [-0.2, -0.15) is 0 Å². The lowest BCUT2D eigenvalue weighted by molar-refractivity contribution is -0.136. The van der Waals surface area contributed by atoms with Gasteiger partial charge in [-0.15, -0.1) is 0 Å². The molecule has 166 valence electrons. The van der Waals surface area contributed by atoms with E-state index in [0.717, 1.165) is 30.9 Å². The second-order valence-electron chi connectivity index (χ2n) is 8.46. The smallest absolute Gasteiger partial charge is 0.252 e. The van der Waals surface area contributed by atoms with E-state index in [1.807, 2.05) is 56.0 Å². The van der Waals surface area contributed by atoms with Crippen molar-refractivity contribution < 1.29 is 14.3 Å². The summed E-state index contributed by atoms with van der Waals surface area (Å²) in [5, 5.41) is 2.98. The highest BCUT2D eigenvalue weighted by Crippen LogP contribution is 2.16. The maximum Gasteiger partial charge on any atom is 0.252 e. The number of aryl methyl sites for hydroxylation is 1. The summed E-state index contributed by atoms with van der Waals surface area (Å²) in [6.45, 7) is 9.66. The molecule has 0 aliphatic carbocycles. The van der Waals surface area contributed by atoms with Crippen LogP contribution < -0.4 is 10.1 Å². The zero-order chi connectivity index (χ0) is 22.4. The predicted octanol–water partition coefficient (Wildman–Crippen LogP) is 3.10. The molecule has 31 heavy (non-hydrogen) atoms. The number of amides is 2. The van der Waals surface area contributed by atoms with Crippen LogP contribution in [0.5, 0.6) is 5.75 Å². The third-order valence-corrected chi connectivity index (χ3v) is 5.86. The first kappa shape index (κ1) is 22.8. The van der Waals surface area contributed by atoms with Crippen molar-refractivity contribution in [2.75, 3.05) is 33.3 Å². The fraction of sp³-hybridized carbons (Fsp3) is 0.440. The van der Waals surface area contributed by atoms with Crippen LogP contribution in [0.1, 0.15) is 35.3 Å². The van der Waals surface area contributed by atoms with Gasteiger partial charge in [-0.05, 0) is 42.2 Å². The van der Waals surface area contributed by atoms with Crippen molar-refractivity contribution in [1.82, 2.24) is 15.1 Å². The molecule has 6 nitrogen and oxygen atoms in total. The third-order valence-electron chi connectivity index (χ3n) is 5.86. The van der Waals surface area contributed by atoms with E-state index in [1.165, 1.54) is 5.56 Å². The summed E-state index contributed by atoms with van der Waals surface area (Å²) in [7, 11) is 1.67. The zero-order valence-corrected chi connectivity index (χ0v) is 18.9. The Morgan fingerprint density at radius 1 is 1.00 bits per heavy atom. The Morgan fingerprint density at radius 3 is 2.23 bits per heavy atom. The van der Waals surface area contributed by atoms with Crippen molar-refractivity contribution >= 4 is 11.8 Å². The molecule has 1 aliphatic rings. The van der Waals surface area contributed by atoms with Gasteiger partial charge in [0, 0.05) is 38.3 Å². The summed E-state index contributed by atoms with van der Waals surface area (Å²) < 4.78 is 5.22. The van der Waals surface area contributed by atoms with Crippen LogP contribution in [0.25, 0.3) is 0 Å². The molecule has 6 heteroatoms. The number of ether oxygens (including phenoxy) is 1. The van der Waals surface area contributed by atoms with Crippen LogP contribution >= 0.6 is 0 Å². The number of carbonyl (C=O) groups excluding carboxylic acids is 2. The van der Waals surface area contributed by atoms with Crippen molar-refractivity contribution in [3.8, 4) is 5.75 Å². The Balaban J connectivity index is 1.56. The number of piperazine rings is 1. The molecule has 0 unspecified atom stereocenters. The first-order valence-electron chi connectivity index (χ1n) is 10.9. The van der Waals surface area contributed by atoms with Gasteiger partial charge in [-0.25, -0.2) is 0 Å². The number of nitrogens with one attached hydrogen (secondary N) is 1. The van der Waals surface area contributed by atoms with Crippen LogP contribution in [-0.2, 0) is 11.3 Å². The van der Waals surface area contributed by atoms with Gasteiger partial charge in [0.05, 0.1) is 7.11 Å². The van der Waals surface area contributed by atoms with Gasteiger partial charge in [-0.1, -0.05) is 44.2 Å². The number of methoxy groups -OCH3 is 1. The molecule has 2 aromatic carbocycles. The molecule has 0 spiro atoms. The molecule has 0 saturated carbocycles. The molecule has 3 rings (SSSR count). The van der Waals surface area contributed by atoms with Crippen molar-refractivity contribution in [3.05, 3.63) is 65.2 Å². The van der Waals surface area contributed by atoms with Gasteiger partial charge in [0.1, 0.15) is 11.8 Å². The minimum atomic E-state index is -0.528. The molecule has 2 amide bonds. The van der Waals surface area contributed by atoms with Crippen LogP contribution in [0.2, 0.25) is 0 Å². The first-order valence-corrected chi connectivity index (χ1v) is 10.9. The molecule has 1 atom stereocenters. The minimum Gasteiger partial charge on any atom is -0.497 e. The van der Waals surface area contributed by atoms with Gasteiger partial charge < -0.3 is 15.0 Å². The van der Waals surface area contributed by atoms with E-state index < -0.39 is 6.04 Å². The highest BCUT2D eigenvalue weighted by molar-refractivity contribution is 5.98. The Kier molecular flexibility index (Phi) is 7.69. The second kappa shape index (κ2) is 10.4. The van der Waals surface area contributed by atoms with Crippen LogP contribution in [0.3, 0.4) is 0 Å². The number of hydrogen-bond acceptors (Lipinski definition) is 4. The first-order chi connectivity index (χ1) is 14.9. The van der Waals surface area contributed by atoms with Gasteiger partial charge in [0.15, 0.2) is 0 Å². The number of carbonyl (C=O) groups is 2. The predicted molar refractivity (Wildman–Crippen MR) is 122 cm³/mol. The molecule has 1 fully saturated rings. The Hall–Kier alpha value is -2.86. The van der Waals surface area contributed by atoms with Crippen molar-refractivity contribution in [3.63, 3.8) is 0 Å². The molecule has 1 N–H and O–H groups in total. The summed E-state index contributed by atoms with van der Waals surface area (Å²) in [4.78, 5) is 30.2. The normalized spacial score (nSPS) is 15.6. The minimum absolute atomic E-state index is 0.000955. The Morgan fingerprint density at radius 2 is 1.65 bits per heavy atom. The highest BCUT2D eigenvalue weighted by Gasteiger charge is 2.31. The average Bonchev–Trinajstić information content (AvgIpc) is 2.78. The second-order valence-corrected chi connectivity index (χ2v) is 8.46. The SMILES string of the molecule is COc1ccc(CN2CCN(C(=O)[C@@H](NC(=O)c3ccccc3C)C(C)C)CC2)cc1. The standard InChI is InChI=1S/C25H33N3O3/c1-18(2)23(26-24(29)22-8-6-5-7-19(22)3)25(30)28-15-13-27(14-16-28)17-20-9-11-21(31-4)12-10-20/h5-12,18,23H,13-17H2,1-4H3,(H,26,29)/t23-/m0/s1. The van der Waals surface area contributed by atoms with Gasteiger partial charge in [0.2, 0.25) is 5.91 Å². The number of hydrogen-bond donors (Lipinski definition) is 1. The lowest BCUT2D eigenvalue weighted by Crippen LogP contribution is -2.56. The highest BCUT2D eigenvalue weighted by atomic mass is 16.5. The number of benzene rings is 2. The van der Waals surface area contributed by atoms with Gasteiger partial charge in [-0.3, -0.25) is 14.5 Å². The summed E-state index contributed by atoms with van der Waals surface area (Å²) >= 11 is 0. The summed E-state index contributed by atoms with van der Waals surface area (Å²) in [5.74, 6) is 0.675. The van der Waals surface area contributed by atoms with E-state index in [-0.39, 0.29) is 17.7 Å². The van der Waals surface area contributed by atoms with E-state index in [4.69, 9.17) is 4.74 Å². The van der Waals surface area contributed by atoms with Gasteiger partial charge in [0.25, 0.3) is 5.91 Å². The molecule has 2 aromatic rings. The fourth-order valence-electron chi connectivity index (χ4n) is 3.87. The van der Waals surface area contributed by atoms with Crippen LogP contribution in [0.15, 0.2) is 48.5 Å². The number of nitrogens with zero attached hydrogens (tertiary/aromatic N) is 2. The quantitative estimate of drug-likeness (QED) is 0.743. The lowest BCUT2D eigenvalue weighted by atomic mass is 10.0. The lowest BCUT2D eigenvalue weighted by Gasteiger charge is -2.37. The van der Waals surface area contributed by atoms with E-state index in [1.54, 1.807) is 13.2 Å². The van der Waals surface area contributed by atoms with Gasteiger partial charge >= 0.3 is 0 Å². The fourth-order valence-corrected chi connectivity index (χ4v) is 3.87. The monoisotopic (exact) mass is 423 g/mol. The van der Waals surface area contributed by atoms with E-state index in [2.05, 4.69) is 22.3 Å². The average molecular weight is 424 g/mol. The zero-order valence-electron chi connectivity index (χ0n) is 18.9. The van der Waals surface area contributed by atoms with Crippen molar-refractivity contribution in [1.29, 1.82) is 0 Å². The van der Waals surface area contributed by atoms with Crippen molar-refractivity contribution in [2.24, 2.45) is 5.92 Å². The number of rotatable bonds is 7. The van der Waals surface area contributed by atoms with Crippen LogP contribution in [-0.4, -0.2) is 60.9 Å². The van der Waals surface area contributed by atoms with Crippen LogP contribution in [0.4, 0.5) is 0 Å². The largest absolute Gasteiger partial charge is 0.497 e. The molecule has 1 saturated heterocycles. The molecular formula is C25H33N3O3. The Labute approximate surface area is 185 Å². The molecular weight excluding hydrogens is 390 g/mol. The topological polar surface area (TPSA) is 61.9 Å². The Bertz CT molecular complexity index is 887. The summed E-state index contributed by atoms with van der Waals surface area (Å²) in [5.41, 5.74) is 2.75. The molecule has 0 aromatic heterocycles. The van der Waals surface area contributed by atoms with E-state index >= 15 is 0 Å². The molecule has 1 heterocycles. The third kappa shape index (κ3) is 5.85. The van der Waals surface area contributed by atoms with E-state index in [9.17, 15) is 9.59 Å². The maximum absolute atomic E-state index is 13.2. The molecule has 1 aliphatic heterocycles. The van der Waals surface area contributed by atoms with E-state index in [0.29, 0.717) is 18.7 Å². The molecule has 0 radical (unpaired) electrons.